The summed E-state index contributed by atoms with van der Waals surface area (Å²) in [5.41, 5.74) is 6.49. The summed E-state index contributed by atoms with van der Waals surface area (Å²) in [5.74, 6) is 0.820. The van der Waals surface area contributed by atoms with Crippen LogP contribution in [0.4, 0.5) is 5.95 Å². The van der Waals surface area contributed by atoms with E-state index in [0.717, 1.165) is 11.3 Å². The summed E-state index contributed by atoms with van der Waals surface area (Å²) < 4.78 is 15.8. The number of anilines is 1. The fourth-order valence-electron chi connectivity index (χ4n) is 1.52. The molecule has 0 unspecified atom stereocenters. The first-order valence-electron chi connectivity index (χ1n) is 6.11. The van der Waals surface area contributed by atoms with Gasteiger partial charge in [0.2, 0.25) is 5.95 Å². The highest BCUT2D eigenvalue weighted by atomic mass is 16.5. The number of benzene rings is 1. The Balaban J connectivity index is 2.06. The van der Waals surface area contributed by atoms with E-state index >= 15 is 0 Å². The van der Waals surface area contributed by atoms with Crippen molar-refractivity contribution in [3.8, 4) is 17.8 Å². The summed E-state index contributed by atoms with van der Waals surface area (Å²) >= 11 is 0. The van der Waals surface area contributed by atoms with Crippen LogP contribution in [0.5, 0.6) is 17.8 Å². The van der Waals surface area contributed by atoms with E-state index in [1.807, 2.05) is 31.2 Å². The second-order valence-corrected chi connectivity index (χ2v) is 3.83. The Kier molecular flexibility index (Phi) is 4.54. The third kappa shape index (κ3) is 3.71. The summed E-state index contributed by atoms with van der Waals surface area (Å²) in [4.78, 5) is 11.7. The molecule has 0 atom stereocenters. The topological polar surface area (TPSA) is 92.4 Å². The van der Waals surface area contributed by atoms with Crippen molar-refractivity contribution in [1.29, 1.82) is 0 Å². The zero-order valence-corrected chi connectivity index (χ0v) is 11.4. The number of hydrogen-bond acceptors (Lipinski definition) is 7. The smallest absolute Gasteiger partial charge is 0.324 e. The molecule has 2 rings (SSSR count). The lowest BCUT2D eigenvalue weighted by atomic mass is 10.2. The monoisotopic (exact) mass is 276 g/mol. The minimum Gasteiger partial charge on any atom is -0.497 e. The van der Waals surface area contributed by atoms with Gasteiger partial charge in [-0.3, -0.25) is 0 Å². The number of nitrogens with zero attached hydrogens (tertiary/aromatic N) is 3. The third-order valence-electron chi connectivity index (χ3n) is 2.39. The van der Waals surface area contributed by atoms with Crippen LogP contribution in [0.1, 0.15) is 12.5 Å². The molecule has 0 saturated carbocycles. The average Bonchev–Trinajstić information content (AvgIpc) is 2.45. The molecule has 106 valence electrons. The van der Waals surface area contributed by atoms with Gasteiger partial charge in [-0.2, -0.15) is 9.97 Å². The molecule has 7 heteroatoms. The number of hydrogen-bond donors (Lipinski definition) is 1. The zero-order chi connectivity index (χ0) is 14.4. The van der Waals surface area contributed by atoms with Crippen LogP contribution < -0.4 is 19.9 Å². The molecule has 0 amide bonds. The molecule has 0 saturated heterocycles. The van der Waals surface area contributed by atoms with Gasteiger partial charge in [-0.1, -0.05) is 12.1 Å². The first kappa shape index (κ1) is 13.9. The number of methoxy groups -OCH3 is 1. The lowest BCUT2D eigenvalue weighted by molar-refractivity contribution is 0.261. The van der Waals surface area contributed by atoms with Crippen molar-refractivity contribution >= 4 is 5.95 Å². The maximum absolute atomic E-state index is 5.56. The SMILES string of the molecule is CCOc1nc(N)nc(OCc2cccc(OC)c2)n1. The van der Waals surface area contributed by atoms with Crippen molar-refractivity contribution in [1.82, 2.24) is 15.0 Å². The maximum Gasteiger partial charge on any atom is 0.324 e. The molecule has 0 radical (unpaired) electrons. The third-order valence-corrected chi connectivity index (χ3v) is 2.39. The van der Waals surface area contributed by atoms with E-state index in [1.165, 1.54) is 0 Å². The Morgan fingerprint density at radius 3 is 2.55 bits per heavy atom. The van der Waals surface area contributed by atoms with Gasteiger partial charge in [0.05, 0.1) is 13.7 Å². The van der Waals surface area contributed by atoms with Gasteiger partial charge in [-0.25, -0.2) is 0 Å². The van der Waals surface area contributed by atoms with Crippen LogP contribution in [-0.4, -0.2) is 28.7 Å². The van der Waals surface area contributed by atoms with Crippen LogP contribution in [0.2, 0.25) is 0 Å². The fourth-order valence-corrected chi connectivity index (χ4v) is 1.52. The molecule has 7 nitrogen and oxygen atoms in total. The molecule has 2 N–H and O–H groups in total. The van der Waals surface area contributed by atoms with Gasteiger partial charge in [0.15, 0.2) is 0 Å². The van der Waals surface area contributed by atoms with Crippen molar-refractivity contribution in [2.45, 2.75) is 13.5 Å². The summed E-state index contributed by atoms with van der Waals surface area (Å²) in [6, 6.07) is 7.80. The summed E-state index contributed by atoms with van der Waals surface area (Å²) in [6.45, 7) is 2.57. The number of ether oxygens (including phenoxy) is 3. The highest BCUT2D eigenvalue weighted by molar-refractivity contribution is 5.28. The Bertz CT molecular complexity index is 577. The molecule has 0 aliphatic carbocycles. The van der Waals surface area contributed by atoms with Crippen molar-refractivity contribution in [3.05, 3.63) is 29.8 Å². The van der Waals surface area contributed by atoms with Gasteiger partial charge in [0, 0.05) is 0 Å². The van der Waals surface area contributed by atoms with E-state index in [1.54, 1.807) is 7.11 Å². The first-order valence-corrected chi connectivity index (χ1v) is 6.11. The van der Waals surface area contributed by atoms with E-state index < -0.39 is 0 Å². The molecule has 0 aliphatic rings. The summed E-state index contributed by atoms with van der Waals surface area (Å²) in [6.07, 6.45) is 0. The molecule has 0 fully saturated rings. The highest BCUT2D eigenvalue weighted by Gasteiger charge is 2.06. The zero-order valence-electron chi connectivity index (χ0n) is 11.4. The van der Waals surface area contributed by atoms with Crippen LogP contribution >= 0.6 is 0 Å². The predicted molar refractivity (Wildman–Crippen MR) is 72.7 cm³/mol. The average molecular weight is 276 g/mol. The molecule has 0 aliphatic heterocycles. The normalized spacial score (nSPS) is 10.1. The molecule has 0 spiro atoms. The van der Waals surface area contributed by atoms with Crippen LogP contribution in [0.25, 0.3) is 0 Å². The second-order valence-electron chi connectivity index (χ2n) is 3.83. The lowest BCUT2D eigenvalue weighted by Crippen LogP contribution is -2.07. The van der Waals surface area contributed by atoms with E-state index in [4.69, 9.17) is 19.9 Å². The second kappa shape index (κ2) is 6.55. The van der Waals surface area contributed by atoms with Gasteiger partial charge >= 0.3 is 12.0 Å². The molecule has 0 bridgehead atoms. The first-order chi connectivity index (χ1) is 9.71. The number of rotatable bonds is 6. The molecule has 1 aromatic carbocycles. The minimum atomic E-state index is 0.0593. The molecular formula is C13H16N4O3. The lowest BCUT2D eigenvalue weighted by Gasteiger charge is -2.07. The van der Waals surface area contributed by atoms with Gasteiger partial charge in [-0.05, 0) is 24.6 Å². The van der Waals surface area contributed by atoms with Crippen LogP contribution in [0.15, 0.2) is 24.3 Å². The Morgan fingerprint density at radius 2 is 1.85 bits per heavy atom. The Labute approximate surface area is 116 Å². The fraction of sp³-hybridized carbons (Fsp3) is 0.308. The van der Waals surface area contributed by atoms with Crippen molar-refractivity contribution in [2.24, 2.45) is 0 Å². The molecule has 20 heavy (non-hydrogen) atoms. The molecule has 2 aromatic rings. The van der Waals surface area contributed by atoms with Crippen LogP contribution in [-0.2, 0) is 6.61 Å². The molecular weight excluding hydrogens is 260 g/mol. The van der Waals surface area contributed by atoms with Crippen molar-refractivity contribution < 1.29 is 14.2 Å². The molecule has 1 aromatic heterocycles. The van der Waals surface area contributed by atoms with E-state index in [9.17, 15) is 0 Å². The largest absolute Gasteiger partial charge is 0.497 e. The van der Waals surface area contributed by atoms with Crippen LogP contribution in [0.3, 0.4) is 0 Å². The van der Waals surface area contributed by atoms with E-state index in [0.29, 0.717) is 13.2 Å². The quantitative estimate of drug-likeness (QED) is 0.853. The van der Waals surface area contributed by atoms with E-state index in [-0.39, 0.29) is 18.0 Å². The van der Waals surface area contributed by atoms with E-state index in [2.05, 4.69) is 15.0 Å². The minimum absolute atomic E-state index is 0.0593. The molecule has 1 heterocycles. The standard InChI is InChI=1S/C13H16N4O3/c1-3-19-12-15-11(14)16-13(17-12)20-8-9-5-4-6-10(7-9)18-2/h4-7H,3,8H2,1-2H3,(H2,14,15,16,17). The predicted octanol–water partition coefficient (Wildman–Crippen LogP) is 1.44. The van der Waals surface area contributed by atoms with Crippen molar-refractivity contribution in [3.63, 3.8) is 0 Å². The van der Waals surface area contributed by atoms with Crippen molar-refractivity contribution in [2.75, 3.05) is 19.5 Å². The van der Waals surface area contributed by atoms with Crippen LogP contribution in [0, 0.1) is 0 Å². The van der Waals surface area contributed by atoms with Gasteiger partial charge in [0.1, 0.15) is 12.4 Å². The number of aromatic nitrogens is 3. The Hall–Kier alpha value is -2.57. The van der Waals surface area contributed by atoms with Gasteiger partial charge in [-0.15, -0.1) is 4.98 Å². The Morgan fingerprint density at radius 1 is 1.10 bits per heavy atom. The van der Waals surface area contributed by atoms with Gasteiger partial charge < -0.3 is 19.9 Å². The van der Waals surface area contributed by atoms with Gasteiger partial charge in [0.25, 0.3) is 0 Å². The number of nitrogen functional groups attached to an aromatic ring is 1. The highest BCUT2D eigenvalue weighted by Crippen LogP contribution is 2.15. The maximum atomic E-state index is 5.56. The number of nitrogens with two attached hydrogens (primary N) is 1. The summed E-state index contributed by atoms with van der Waals surface area (Å²) in [7, 11) is 1.61. The summed E-state index contributed by atoms with van der Waals surface area (Å²) in [5, 5.41) is 0.